The average Bonchev–Trinajstić information content (AvgIpc) is 2.63. The zero-order chi connectivity index (χ0) is 11.5. The number of aromatic nitrogens is 1. The zero-order valence-corrected chi connectivity index (χ0v) is 9.43. The van der Waals surface area contributed by atoms with Crippen LogP contribution < -0.4 is 0 Å². The van der Waals surface area contributed by atoms with Gasteiger partial charge in [0, 0.05) is 24.3 Å². The van der Waals surface area contributed by atoms with Crippen molar-refractivity contribution < 1.29 is 9.50 Å². The van der Waals surface area contributed by atoms with Gasteiger partial charge in [0.15, 0.2) is 0 Å². The molecule has 1 saturated heterocycles. The van der Waals surface area contributed by atoms with Crippen LogP contribution in [0.15, 0.2) is 18.5 Å². The summed E-state index contributed by atoms with van der Waals surface area (Å²) in [5, 5.41) is 9.31. The minimum Gasteiger partial charge on any atom is -0.395 e. The number of rotatable bonds is 3. The van der Waals surface area contributed by atoms with E-state index in [1.165, 1.54) is 6.20 Å². The van der Waals surface area contributed by atoms with E-state index in [1.807, 2.05) is 0 Å². The maximum Gasteiger partial charge on any atom is 0.145 e. The van der Waals surface area contributed by atoms with Gasteiger partial charge in [0.05, 0.1) is 12.8 Å². The molecule has 4 heteroatoms. The lowest BCUT2D eigenvalue weighted by molar-refractivity contribution is 0.133. The third kappa shape index (κ3) is 2.23. The highest BCUT2D eigenvalue weighted by atomic mass is 19.1. The molecule has 0 saturated carbocycles. The highest BCUT2D eigenvalue weighted by Gasteiger charge is 2.30. The molecular weight excluding hydrogens is 207 g/mol. The fraction of sp³-hybridized carbons (Fsp3) is 0.583. The minimum absolute atomic E-state index is 0.147. The monoisotopic (exact) mass is 224 g/mol. The second-order valence-electron chi connectivity index (χ2n) is 4.45. The van der Waals surface area contributed by atoms with Crippen LogP contribution >= 0.6 is 0 Å². The van der Waals surface area contributed by atoms with Crippen molar-refractivity contribution in [3.8, 4) is 0 Å². The highest BCUT2D eigenvalue weighted by molar-refractivity contribution is 5.12. The van der Waals surface area contributed by atoms with Crippen LogP contribution in [0.25, 0.3) is 0 Å². The van der Waals surface area contributed by atoms with E-state index >= 15 is 0 Å². The first-order chi connectivity index (χ1) is 7.72. The van der Waals surface area contributed by atoms with E-state index < -0.39 is 0 Å². The van der Waals surface area contributed by atoms with Crippen molar-refractivity contribution in [1.29, 1.82) is 0 Å². The van der Waals surface area contributed by atoms with Crippen molar-refractivity contribution >= 4 is 0 Å². The summed E-state index contributed by atoms with van der Waals surface area (Å²) < 4.78 is 13.4. The molecule has 0 spiro atoms. The second-order valence-corrected chi connectivity index (χ2v) is 4.45. The first-order valence-corrected chi connectivity index (χ1v) is 5.65. The molecule has 2 heterocycles. The molecule has 0 unspecified atom stereocenters. The minimum atomic E-state index is -0.265. The summed E-state index contributed by atoms with van der Waals surface area (Å²) in [6, 6.07) is 1.86. The molecule has 0 aliphatic carbocycles. The third-order valence-corrected chi connectivity index (χ3v) is 3.41. The van der Waals surface area contributed by atoms with Crippen LogP contribution in [0.2, 0.25) is 0 Å². The van der Waals surface area contributed by atoms with Crippen molar-refractivity contribution in [3.63, 3.8) is 0 Å². The lowest BCUT2D eigenvalue weighted by Crippen LogP contribution is -2.34. The molecule has 16 heavy (non-hydrogen) atoms. The summed E-state index contributed by atoms with van der Waals surface area (Å²) in [6.07, 6.45) is 3.91. The third-order valence-electron chi connectivity index (χ3n) is 3.41. The van der Waals surface area contributed by atoms with Gasteiger partial charge in [0.25, 0.3) is 0 Å². The molecule has 1 aliphatic rings. The van der Waals surface area contributed by atoms with Gasteiger partial charge in [-0.25, -0.2) is 4.39 Å². The van der Waals surface area contributed by atoms with Gasteiger partial charge in [-0.2, -0.15) is 0 Å². The second kappa shape index (κ2) is 4.89. The fourth-order valence-corrected chi connectivity index (χ4v) is 2.33. The van der Waals surface area contributed by atoms with E-state index in [4.69, 9.17) is 0 Å². The summed E-state index contributed by atoms with van der Waals surface area (Å²) in [4.78, 5) is 5.87. The number of aliphatic hydroxyl groups excluding tert-OH is 1. The Morgan fingerprint density at radius 3 is 3.12 bits per heavy atom. The van der Waals surface area contributed by atoms with Gasteiger partial charge in [0.1, 0.15) is 5.82 Å². The first kappa shape index (κ1) is 11.5. The molecule has 0 aromatic carbocycles. The van der Waals surface area contributed by atoms with Crippen LogP contribution in [0, 0.1) is 11.7 Å². The predicted molar refractivity (Wildman–Crippen MR) is 59.3 cm³/mol. The summed E-state index contributed by atoms with van der Waals surface area (Å²) in [6.45, 7) is 3.76. The molecule has 1 fully saturated rings. The topological polar surface area (TPSA) is 36.4 Å². The maximum absolute atomic E-state index is 13.4. The van der Waals surface area contributed by atoms with E-state index in [1.54, 1.807) is 12.3 Å². The number of halogens is 1. The van der Waals surface area contributed by atoms with E-state index in [-0.39, 0.29) is 18.5 Å². The van der Waals surface area contributed by atoms with Crippen LogP contribution in [-0.4, -0.2) is 34.2 Å². The van der Waals surface area contributed by atoms with Gasteiger partial charge >= 0.3 is 0 Å². The number of pyridine rings is 1. The SMILES string of the molecule is C[C@H]1CCN(Cc2ccncc2F)[C@H]1CO. The predicted octanol–water partition coefficient (Wildman–Crippen LogP) is 1.42. The molecule has 88 valence electrons. The molecule has 0 bridgehead atoms. The Kier molecular flexibility index (Phi) is 3.51. The van der Waals surface area contributed by atoms with Crippen molar-refractivity contribution in [1.82, 2.24) is 9.88 Å². The Hall–Kier alpha value is -1.00. The Bertz CT molecular complexity index is 359. The molecule has 2 atom stereocenters. The van der Waals surface area contributed by atoms with Gasteiger partial charge in [-0.15, -0.1) is 0 Å². The first-order valence-electron chi connectivity index (χ1n) is 5.65. The van der Waals surface area contributed by atoms with Crippen LogP contribution in [0.5, 0.6) is 0 Å². The molecule has 2 rings (SSSR count). The molecule has 0 radical (unpaired) electrons. The van der Waals surface area contributed by atoms with Gasteiger partial charge in [-0.3, -0.25) is 9.88 Å². The molecule has 3 nitrogen and oxygen atoms in total. The molecule has 1 N–H and O–H groups in total. The Morgan fingerprint density at radius 1 is 1.62 bits per heavy atom. The van der Waals surface area contributed by atoms with Crippen molar-refractivity contribution in [2.45, 2.75) is 25.9 Å². The largest absolute Gasteiger partial charge is 0.395 e. The van der Waals surface area contributed by atoms with Crippen molar-refractivity contribution in [3.05, 3.63) is 29.8 Å². The fourth-order valence-electron chi connectivity index (χ4n) is 2.33. The van der Waals surface area contributed by atoms with Gasteiger partial charge < -0.3 is 5.11 Å². The van der Waals surface area contributed by atoms with E-state index in [2.05, 4.69) is 16.8 Å². The van der Waals surface area contributed by atoms with Crippen LogP contribution in [0.4, 0.5) is 4.39 Å². The Morgan fingerprint density at radius 2 is 2.44 bits per heavy atom. The van der Waals surface area contributed by atoms with Crippen molar-refractivity contribution in [2.75, 3.05) is 13.2 Å². The zero-order valence-electron chi connectivity index (χ0n) is 9.43. The summed E-state index contributed by atoms with van der Waals surface area (Å²) >= 11 is 0. The van der Waals surface area contributed by atoms with E-state index in [0.29, 0.717) is 18.0 Å². The lowest BCUT2D eigenvalue weighted by atomic mass is 10.0. The van der Waals surface area contributed by atoms with E-state index in [9.17, 15) is 9.50 Å². The van der Waals surface area contributed by atoms with Gasteiger partial charge in [0.2, 0.25) is 0 Å². The number of hydrogen-bond acceptors (Lipinski definition) is 3. The maximum atomic E-state index is 13.4. The standard InChI is InChI=1S/C12H17FN2O/c1-9-3-5-15(12(9)8-16)7-10-2-4-14-6-11(10)13/h2,4,6,9,12,16H,3,5,7-8H2,1H3/t9-,12-/m0/s1. The Labute approximate surface area is 94.9 Å². The average molecular weight is 224 g/mol. The molecular formula is C12H17FN2O. The number of nitrogens with zero attached hydrogens (tertiary/aromatic N) is 2. The number of likely N-dealkylation sites (tertiary alicyclic amines) is 1. The smallest absolute Gasteiger partial charge is 0.145 e. The van der Waals surface area contributed by atoms with Crippen molar-refractivity contribution in [2.24, 2.45) is 5.92 Å². The van der Waals surface area contributed by atoms with Crippen LogP contribution in [0.1, 0.15) is 18.9 Å². The van der Waals surface area contributed by atoms with E-state index in [0.717, 1.165) is 13.0 Å². The highest BCUT2D eigenvalue weighted by Crippen LogP contribution is 2.25. The molecule has 0 amide bonds. The molecule has 1 aliphatic heterocycles. The van der Waals surface area contributed by atoms with Crippen LogP contribution in [-0.2, 0) is 6.54 Å². The summed E-state index contributed by atoms with van der Waals surface area (Å²) in [5.41, 5.74) is 0.655. The Balaban J connectivity index is 2.08. The van der Waals surface area contributed by atoms with Gasteiger partial charge in [-0.05, 0) is 24.9 Å². The summed E-state index contributed by atoms with van der Waals surface area (Å²) in [7, 11) is 0. The number of aliphatic hydroxyl groups is 1. The molecule has 1 aromatic heterocycles. The van der Waals surface area contributed by atoms with Crippen LogP contribution in [0.3, 0.4) is 0 Å². The number of hydrogen-bond donors (Lipinski definition) is 1. The normalized spacial score (nSPS) is 26.2. The quantitative estimate of drug-likeness (QED) is 0.843. The van der Waals surface area contributed by atoms with Gasteiger partial charge in [-0.1, -0.05) is 6.92 Å². The molecule has 1 aromatic rings. The lowest BCUT2D eigenvalue weighted by Gasteiger charge is -2.25. The summed E-state index contributed by atoms with van der Waals surface area (Å²) in [5.74, 6) is 0.216.